The molecule has 0 N–H and O–H groups in total. The first-order chi connectivity index (χ1) is 10.8. The molecular weight excluding hydrogens is 264 g/mol. The second-order valence-electron chi connectivity index (χ2n) is 5.83. The fourth-order valence-corrected chi connectivity index (χ4v) is 2.97. The molecule has 0 aliphatic carbocycles. The molecule has 0 aliphatic heterocycles. The minimum Gasteiger partial charge on any atom is -0.0622 e. The molecule has 0 atom stereocenters. The lowest BCUT2D eigenvalue weighted by molar-refractivity contribution is 1.06. The summed E-state index contributed by atoms with van der Waals surface area (Å²) in [5.41, 5.74) is 8.27. The lowest BCUT2D eigenvalue weighted by atomic mass is 9.90. The Hall–Kier alpha value is -2.34. The van der Waals surface area contributed by atoms with Gasteiger partial charge in [0.15, 0.2) is 0 Å². The normalized spacial score (nSPS) is 10.6. The molecule has 3 rings (SSSR count). The standard InChI is InChI=1S/C22H22/c1-3-19-10-7-11-21(20-8-5-4-6-9-20)22(19)16-18-14-12-17(2)13-15-18/h4-15H,3,16H2,1-2H3. The van der Waals surface area contributed by atoms with E-state index in [4.69, 9.17) is 0 Å². The summed E-state index contributed by atoms with van der Waals surface area (Å²) < 4.78 is 0. The van der Waals surface area contributed by atoms with Crippen molar-refractivity contribution in [2.24, 2.45) is 0 Å². The van der Waals surface area contributed by atoms with Crippen LogP contribution < -0.4 is 0 Å². The van der Waals surface area contributed by atoms with E-state index >= 15 is 0 Å². The van der Waals surface area contributed by atoms with Crippen molar-refractivity contribution < 1.29 is 0 Å². The maximum atomic E-state index is 2.26. The highest BCUT2D eigenvalue weighted by Gasteiger charge is 2.09. The van der Waals surface area contributed by atoms with Gasteiger partial charge in [-0.15, -0.1) is 0 Å². The topological polar surface area (TPSA) is 0 Å². The Labute approximate surface area is 133 Å². The first-order valence-electron chi connectivity index (χ1n) is 7.99. The minimum atomic E-state index is 0.995. The lowest BCUT2D eigenvalue weighted by Gasteiger charge is -2.15. The third kappa shape index (κ3) is 3.12. The van der Waals surface area contributed by atoms with Crippen molar-refractivity contribution in [3.8, 4) is 11.1 Å². The predicted molar refractivity (Wildman–Crippen MR) is 95.2 cm³/mol. The zero-order valence-corrected chi connectivity index (χ0v) is 13.3. The Bertz CT molecular complexity index is 737. The van der Waals surface area contributed by atoms with Crippen molar-refractivity contribution in [3.05, 3.63) is 95.1 Å². The van der Waals surface area contributed by atoms with Gasteiger partial charge in [-0.25, -0.2) is 0 Å². The van der Waals surface area contributed by atoms with Crippen molar-refractivity contribution in [2.45, 2.75) is 26.7 Å². The molecule has 0 bridgehead atoms. The summed E-state index contributed by atoms with van der Waals surface area (Å²) in [5, 5.41) is 0. The van der Waals surface area contributed by atoms with Gasteiger partial charge >= 0.3 is 0 Å². The van der Waals surface area contributed by atoms with Crippen LogP contribution in [0.15, 0.2) is 72.8 Å². The Balaban J connectivity index is 2.06. The summed E-state index contributed by atoms with van der Waals surface area (Å²) in [6.07, 6.45) is 2.07. The van der Waals surface area contributed by atoms with E-state index in [0.29, 0.717) is 0 Å². The molecule has 0 nitrogen and oxygen atoms in total. The quantitative estimate of drug-likeness (QED) is 0.567. The number of hydrogen-bond donors (Lipinski definition) is 0. The predicted octanol–water partition coefficient (Wildman–Crippen LogP) is 5.82. The first-order valence-corrected chi connectivity index (χ1v) is 7.99. The molecular formula is C22H22. The van der Waals surface area contributed by atoms with Gasteiger partial charge < -0.3 is 0 Å². The van der Waals surface area contributed by atoms with Gasteiger partial charge in [0.25, 0.3) is 0 Å². The van der Waals surface area contributed by atoms with Crippen molar-refractivity contribution in [1.82, 2.24) is 0 Å². The van der Waals surface area contributed by atoms with Crippen molar-refractivity contribution in [3.63, 3.8) is 0 Å². The van der Waals surface area contributed by atoms with Gasteiger partial charge in [-0.1, -0.05) is 85.3 Å². The number of hydrogen-bond acceptors (Lipinski definition) is 0. The van der Waals surface area contributed by atoms with E-state index < -0.39 is 0 Å². The van der Waals surface area contributed by atoms with Crippen LogP contribution in [0.25, 0.3) is 11.1 Å². The zero-order valence-electron chi connectivity index (χ0n) is 13.3. The maximum Gasteiger partial charge on any atom is -0.00169 e. The smallest absolute Gasteiger partial charge is 0.00169 e. The van der Waals surface area contributed by atoms with Crippen LogP contribution in [0.3, 0.4) is 0 Å². The average Bonchev–Trinajstić information content (AvgIpc) is 2.58. The van der Waals surface area contributed by atoms with E-state index in [-0.39, 0.29) is 0 Å². The van der Waals surface area contributed by atoms with E-state index in [1.54, 1.807) is 0 Å². The molecule has 0 saturated carbocycles. The van der Waals surface area contributed by atoms with Crippen LogP contribution in [0.5, 0.6) is 0 Å². The molecule has 0 heterocycles. The van der Waals surface area contributed by atoms with E-state index in [1.807, 2.05) is 0 Å². The summed E-state index contributed by atoms with van der Waals surface area (Å²) in [6.45, 7) is 4.38. The summed E-state index contributed by atoms with van der Waals surface area (Å²) in [6, 6.07) is 26.3. The molecule has 0 amide bonds. The second-order valence-corrected chi connectivity index (χ2v) is 5.83. The van der Waals surface area contributed by atoms with Gasteiger partial charge in [0.2, 0.25) is 0 Å². The van der Waals surface area contributed by atoms with E-state index in [1.165, 1.54) is 33.4 Å². The van der Waals surface area contributed by atoms with E-state index in [2.05, 4.69) is 86.6 Å². The highest BCUT2D eigenvalue weighted by molar-refractivity contribution is 5.69. The average molecular weight is 286 g/mol. The molecule has 110 valence electrons. The third-order valence-electron chi connectivity index (χ3n) is 4.24. The SMILES string of the molecule is CCc1cccc(-c2ccccc2)c1Cc1ccc(C)cc1. The number of rotatable bonds is 4. The molecule has 0 fully saturated rings. The maximum absolute atomic E-state index is 2.26. The van der Waals surface area contributed by atoms with Crippen LogP contribution >= 0.6 is 0 Å². The van der Waals surface area contributed by atoms with Crippen molar-refractivity contribution in [1.29, 1.82) is 0 Å². The number of benzene rings is 3. The van der Waals surface area contributed by atoms with Gasteiger partial charge in [0.1, 0.15) is 0 Å². The fourth-order valence-electron chi connectivity index (χ4n) is 2.97. The molecule has 0 saturated heterocycles. The fraction of sp³-hybridized carbons (Fsp3) is 0.182. The molecule has 0 aliphatic rings. The molecule has 22 heavy (non-hydrogen) atoms. The Morgan fingerprint density at radius 2 is 1.45 bits per heavy atom. The molecule has 0 heteroatoms. The van der Waals surface area contributed by atoms with Gasteiger partial charge in [0.05, 0.1) is 0 Å². The summed E-state index contributed by atoms with van der Waals surface area (Å²) in [7, 11) is 0. The molecule has 3 aromatic rings. The van der Waals surface area contributed by atoms with Crippen LogP contribution in [-0.2, 0) is 12.8 Å². The van der Waals surface area contributed by atoms with Crippen LogP contribution in [-0.4, -0.2) is 0 Å². The first kappa shape index (κ1) is 14.6. The van der Waals surface area contributed by atoms with Crippen LogP contribution in [0, 0.1) is 6.92 Å². The van der Waals surface area contributed by atoms with Crippen molar-refractivity contribution in [2.75, 3.05) is 0 Å². The Morgan fingerprint density at radius 1 is 0.727 bits per heavy atom. The molecule has 3 aromatic carbocycles. The summed E-state index contributed by atoms with van der Waals surface area (Å²) in [5.74, 6) is 0. The van der Waals surface area contributed by atoms with Crippen LogP contribution in [0.1, 0.15) is 29.2 Å². The Kier molecular flexibility index (Phi) is 4.39. The van der Waals surface area contributed by atoms with Gasteiger partial charge in [0, 0.05) is 0 Å². The molecule has 0 unspecified atom stereocenters. The molecule has 0 aromatic heterocycles. The summed E-state index contributed by atoms with van der Waals surface area (Å²) in [4.78, 5) is 0. The summed E-state index contributed by atoms with van der Waals surface area (Å²) >= 11 is 0. The largest absolute Gasteiger partial charge is 0.0622 e. The monoisotopic (exact) mass is 286 g/mol. The van der Waals surface area contributed by atoms with Crippen LogP contribution in [0.4, 0.5) is 0 Å². The highest BCUT2D eigenvalue weighted by Crippen LogP contribution is 2.28. The van der Waals surface area contributed by atoms with Crippen LogP contribution in [0.2, 0.25) is 0 Å². The van der Waals surface area contributed by atoms with E-state index in [0.717, 1.165) is 12.8 Å². The van der Waals surface area contributed by atoms with Gasteiger partial charge in [-0.05, 0) is 47.6 Å². The van der Waals surface area contributed by atoms with E-state index in [9.17, 15) is 0 Å². The molecule has 0 spiro atoms. The second kappa shape index (κ2) is 6.62. The highest BCUT2D eigenvalue weighted by atomic mass is 14.1. The molecule has 0 radical (unpaired) electrons. The Morgan fingerprint density at radius 3 is 2.14 bits per heavy atom. The number of aryl methyl sites for hydroxylation is 2. The van der Waals surface area contributed by atoms with Crippen molar-refractivity contribution >= 4 is 0 Å². The zero-order chi connectivity index (χ0) is 15.4. The van der Waals surface area contributed by atoms with Gasteiger partial charge in [-0.3, -0.25) is 0 Å². The third-order valence-corrected chi connectivity index (χ3v) is 4.24. The van der Waals surface area contributed by atoms with Gasteiger partial charge in [-0.2, -0.15) is 0 Å². The minimum absolute atomic E-state index is 0.995. The lowest BCUT2D eigenvalue weighted by Crippen LogP contribution is -1.98.